The number of nitrogens with one attached hydrogen (secondary N) is 2. The molecular formula is C10H18N2O. The molecule has 1 aromatic rings. The molecule has 0 radical (unpaired) electrons. The Hall–Kier alpha value is -0.800. The van der Waals surface area contributed by atoms with Gasteiger partial charge in [0.05, 0.1) is 12.5 Å². The molecule has 0 fully saturated rings. The summed E-state index contributed by atoms with van der Waals surface area (Å²) in [4.78, 5) is 0. The molecule has 1 heterocycles. The van der Waals surface area contributed by atoms with Crippen molar-refractivity contribution in [3.05, 3.63) is 24.2 Å². The summed E-state index contributed by atoms with van der Waals surface area (Å²) in [7, 11) is 0. The number of hydrogen-bond acceptors (Lipinski definition) is 3. The molecule has 3 nitrogen and oxygen atoms in total. The van der Waals surface area contributed by atoms with Gasteiger partial charge in [-0.2, -0.15) is 0 Å². The SMILES string of the molecule is CCNCC(C)NCc1ccoc1. The fourth-order valence-electron chi connectivity index (χ4n) is 1.12. The van der Waals surface area contributed by atoms with Crippen molar-refractivity contribution in [2.75, 3.05) is 13.1 Å². The zero-order chi connectivity index (χ0) is 9.52. The van der Waals surface area contributed by atoms with E-state index in [9.17, 15) is 0 Å². The summed E-state index contributed by atoms with van der Waals surface area (Å²) in [5, 5.41) is 6.69. The van der Waals surface area contributed by atoms with Gasteiger partial charge in [0.2, 0.25) is 0 Å². The number of rotatable bonds is 6. The molecule has 0 amide bonds. The van der Waals surface area contributed by atoms with Crippen LogP contribution in [-0.2, 0) is 6.54 Å². The standard InChI is InChI=1S/C10H18N2O/c1-3-11-6-9(2)12-7-10-4-5-13-8-10/h4-5,8-9,11-12H,3,6-7H2,1-2H3. The molecule has 0 saturated heterocycles. The van der Waals surface area contributed by atoms with Crippen molar-refractivity contribution < 1.29 is 4.42 Å². The third kappa shape index (κ3) is 4.10. The molecule has 0 spiro atoms. The summed E-state index contributed by atoms with van der Waals surface area (Å²) >= 11 is 0. The third-order valence-electron chi connectivity index (χ3n) is 1.94. The second-order valence-electron chi connectivity index (χ2n) is 3.22. The predicted molar refractivity (Wildman–Crippen MR) is 53.6 cm³/mol. The summed E-state index contributed by atoms with van der Waals surface area (Å²) in [6.07, 6.45) is 3.47. The van der Waals surface area contributed by atoms with Gasteiger partial charge >= 0.3 is 0 Å². The molecule has 3 heteroatoms. The van der Waals surface area contributed by atoms with E-state index in [1.807, 2.05) is 6.07 Å². The molecule has 1 unspecified atom stereocenters. The van der Waals surface area contributed by atoms with Gasteiger partial charge in [-0.05, 0) is 19.5 Å². The Labute approximate surface area is 79.5 Å². The lowest BCUT2D eigenvalue weighted by atomic mass is 10.3. The molecule has 13 heavy (non-hydrogen) atoms. The van der Waals surface area contributed by atoms with Gasteiger partial charge in [-0.15, -0.1) is 0 Å². The Morgan fingerprint density at radius 3 is 3.00 bits per heavy atom. The molecule has 74 valence electrons. The van der Waals surface area contributed by atoms with Gasteiger partial charge in [-0.3, -0.25) is 0 Å². The molecule has 1 rings (SSSR count). The minimum atomic E-state index is 0.495. The van der Waals surface area contributed by atoms with E-state index in [-0.39, 0.29) is 0 Å². The van der Waals surface area contributed by atoms with Crippen LogP contribution < -0.4 is 10.6 Å². The first-order valence-corrected chi connectivity index (χ1v) is 4.78. The largest absolute Gasteiger partial charge is 0.472 e. The average molecular weight is 182 g/mol. The van der Waals surface area contributed by atoms with E-state index in [2.05, 4.69) is 24.5 Å². The Morgan fingerprint density at radius 1 is 1.54 bits per heavy atom. The molecule has 1 aromatic heterocycles. The van der Waals surface area contributed by atoms with Gasteiger partial charge in [0.25, 0.3) is 0 Å². The number of hydrogen-bond donors (Lipinski definition) is 2. The number of likely N-dealkylation sites (N-methyl/N-ethyl adjacent to an activating group) is 1. The minimum absolute atomic E-state index is 0.495. The molecule has 2 N–H and O–H groups in total. The smallest absolute Gasteiger partial charge is 0.0947 e. The van der Waals surface area contributed by atoms with Crippen LogP contribution in [0.3, 0.4) is 0 Å². The molecule has 0 aliphatic heterocycles. The summed E-state index contributed by atoms with van der Waals surface area (Å²) in [6, 6.07) is 2.47. The van der Waals surface area contributed by atoms with Crippen molar-refractivity contribution in [2.45, 2.75) is 26.4 Å². The molecule has 0 aliphatic carbocycles. The van der Waals surface area contributed by atoms with E-state index in [0.29, 0.717) is 6.04 Å². The highest BCUT2D eigenvalue weighted by Crippen LogP contribution is 1.98. The van der Waals surface area contributed by atoms with Crippen molar-refractivity contribution in [3.8, 4) is 0 Å². The van der Waals surface area contributed by atoms with Gasteiger partial charge in [-0.1, -0.05) is 6.92 Å². The first kappa shape index (κ1) is 10.3. The van der Waals surface area contributed by atoms with Crippen LogP contribution in [0.15, 0.2) is 23.0 Å². The monoisotopic (exact) mass is 182 g/mol. The highest BCUT2D eigenvalue weighted by atomic mass is 16.3. The Morgan fingerprint density at radius 2 is 2.38 bits per heavy atom. The maximum Gasteiger partial charge on any atom is 0.0947 e. The lowest BCUT2D eigenvalue weighted by molar-refractivity contribution is 0.504. The summed E-state index contributed by atoms with van der Waals surface area (Å²) in [5.41, 5.74) is 1.20. The van der Waals surface area contributed by atoms with Gasteiger partial charge in [0.1, 0.15) is 0 Å². The molecule has 0 aromatic carbocycles. The lowest BCUT2D eigenvalue weighted by Crippen LogP contribution is -2.35. The van der Waals surface area contributed by atoms with E-state index < -0.39 is 0 Å². The molecule has 0 saturated carbocycles. The van der Waals surface area contributed by atoms with Crippen molar-refractivity contribution >= 4 is 0 Å². The van der Waals surface area contributed by atoms with Gasteiger partial charge in [0.15, 0.2) is 0 Å². The average Bonchev–Trinajstić information content (AvgIpc) is 2.64. The van der Waals surface area contributed by atoms with Crippen molar-refractivity contribution in [2.24, 2.45) is 0 Å². The summed E-state index contributed by atoms with van der Waals surface area (Å²) < 4.78 is 4.97. The van der Waals surface area contributed by atoms with Crippen molar-refractivity contribution in [1.29, 1.82) is 0 Å². The van der Waals surface area contributed by atoms with Crippen LogP contribution in [0.4, 0.5) is 0 Å². The zero-order valence-corrected chi connectivity index (χ0v) is 8.34. The fraction of sp³-hybridized carbons (Fsp3) is 0.600. The van der Waals surface area contributed by atoms with Gasteiger partial charge in [0, 0.05) is 24.7 Å². The topological polar surface area (TPSA) is 37.2 Å². The van der Waals surface area contributed by atoms with Crippen LogP contribution in [0.2, 0.25) is 0 Å². The second kappa shape index (κ2) is 5.78. The van der Waals surface area contributed by atoms with E-state index in [4.69, 9.17) is 4.42 Å². The zero-order valence-electron chi connectivity index (χ0n) is 8.34. The molecule has 1 atom stereocenters. The van der Waals surface area contributed by atoms with Gasteiger partial charge in [-0.25, -0.2) is 0 Å². The minimum Gasteiger partial charge on any atom is -0.472 e. The highest BCUT2D eigenvalue weighted by Gasteiger charge is 2.00. The maximum atomic E-state index is 4.97. The van der Waals surface area contributed by atoms with E-state index >= 15 is 0 Å². The quantitative estimate of drug-likeness (QED) is 0.697. The first-order valence-electron chi connectivity index (χ1n) is 4.78. The fourth-order valence-corrected chi connectivity index (χ4v) is 1.12. The van der Waals surface area contributed by atoms with Crippen molar-refractivity contribution in [1.82, 2.24) is 10.6 Å². The first-order chi connectivity index (χ1) is 6.33. The van der Waals surface area contributed by atoms with E-state index in [0.717, 1.165) is 19.6 Å². The highest BCUT2D eigenvalue weighted by molar-refractivity contribution is 5.04. The van der Waals surface area contributed by atoms with Crippen LogP contribution >= 0.6 is 0 Å². The maximum absolute atomic E-state index is 4.97. The summed E-state index contributed by atoms with van der Waals surface area (Å²) in [5.74, 6) is 0. The van der Waals surface area contributed by atoms with Gasteiger partial charge < -0.3 is 15.1 Å². The Kier molecular flexibility index (Phi) is 4.57. The van der Waals surface area contributed by atoms with Crippen molar-refractivity contribution in [3.63, 3.8) is 0 Å². The molecule has 0 aliphatic rings. The van der Waals surface area contributed by atoms with E-state index in [1.165, 1.54) is 5.56 Å². The van der Waals surface area contributed by atoms with Crippen LogP contribution in [0.25, 0.3) is 0 Å². The lowest BCUT2D eigenvalue weighted by Gasteiger charge is -2.12. The van der Waals surface area contributed by atoms with Crippen LogP contribution in [0, 0.1) is 0 Å². The predicted octanol–water partition coefficient (Wildman–Crippen LogP) is 1.37. The van der Waals surface area contributed by atoms with Crippen LogP contribution in [0.1, 0.15) is 19.4 Å². The third-order valence-corrected chi connectivity index (χ3v) is 1.94. The van der Waals surface area contributed by atoms with E-state index in [1.54, 1.807) is 12.5 Å². The Balaban J connectivity index is 2.11. The normalized spacial score (nSPS) is 13.1. The van der Waals surface area contributed by atoms with Crippen LogP contribution in [-0.4, -0.2) is 19.1 Å². The second-order valence-corrected chi connectivity index (χ2v) is 3.22. The van der Waals surface area contributed by atoms with Crippen LogP contribution in [0.5, 0.6) is 0 Å². The molecule has 0 bridgehead atoms. The summed E-state index contributed by atoms with van der Waals surface area (Å²) in [6.45, 7) is 7.20. The Bertz CT molecular complexity index is 209. The number of furan rings is 1. The molecular weight excluding hydrogens is 164 g/mol.